The number of aliphatic carboxylic acids is 1. The van der Waals surface area contributed by atoms with Gasteiger partial charge in [0.1, 0.15) is 0 Å². The van der Waals surface area contributed by atoms with E-state index in [0.29, 0.717) is 12.3 Å². The summed E-state index contributed by atoms with van der Waals surface area (Å²) in [5.74, 6) is 0.742. The lowest BCUT2D eigenvalue weighted by Crippen LogP contribution is -2.26. The van der Waals surface area contributed by atoms with Crippen LogP contribution in [-0.4, -0.2) is 35.6 Å². The molecule has 0 aliphatic carbocycles. The van der Waals surface area contributed by atoms with Crippen molar-refractivity contribution in [3.63, 3.8) is 0 Å². The van der Waals surface area contributed by atoms with E-state index < -0.39 is 5.97 Å². The van der Waals surface area contributed by atoms with Gasteiger partial charge in [-0.15, -0.1) is 0 Å². The van der Waals surface area contributed by atoms with Crippen molar-refractivity contribution < 1.29 is 9.90 Å². The molecule has 3 heteroatoms. The highest BCUT2D eigenvalue weighted by atomic mass is 16.4. The minimum absolute atomic E-state index is 0.336. The standard InChI is InChI=1S/C13H25NO2/c1-3-4-11(2)9-14-8-7-12(10-14)5-6-13(15)16/h11-12H,3-10H2,1-2H3,(H,15,16). The molecule has 1 rings (SSSR count). The van der Waals surface area contributed by atoms with Crippen molar-refractivity contribution in [1.82, 2.24) is 4.90 Å². The van der Waals surface area contributed by atoms with Crippen molar-refractivity contribution in [2.75, 3.05) is 19.6 Å². The highest BCUT2D eigenvalue weighted by Gasteiger charge is 2.23. The molecular weight excluding hydrogens is 202 g/mol. The Morgan fingerprint density at radius 2 is 2.31 bits per heavy atom. The van der Waals surface area contributed by atoms with E-state index in [1.54, 1.807) is 0 Å². The first-order chi connectivity index (χ1) is 7.61. The van der Waals surface area contributed by atoms with Gasteiger partial charge in [0.05, 0.1) is 0 Å². The van der Waals surface area contributed by atoms with Crippen LogP contribution in [-0.2, 0) is 4.79 Å². The summed E-state index contributed by atoms with van der Waals surface area (Å²) < 4.78 is 0. The summed E-state index contributed by atoms with van der Waals surface area (Å²) in [5, 5.41) is 8.64. The lowest BCUT2D eigenvalue weighted by Gasteiger charge is -2.20. The predicted molar refractivity (Wildman–Crippen MR) is 65.5 cm³/mol. The Morgan fingerprint density at radius 3 is 2.94 bits per heavy atom. The van der Waals surface area contributed by atoms with E-state index in [-0.39, 0.29) is 0 Å². The summed E-state index contributed by atoms with van der Waals surface area (Å²) in [4.78, 5) is 13.0. The van der Waals surface area contributed by atoms with Crippen LogP contribution in [0.2, 0.25) is 0 Å². The number of hydrogen-bond donors (Lipinski definition) is 1. The van der Waals surface area contributed by atoms with Crippen LogP contribution in [0.3, 0.4) is 0 Å². The second kappa shape index (κ2) is 6.89. The maximum Gasteiger partial charge on any atom is 0.303 e. The van der Waals surface area contributed by atoms with E-state index in [9.17, 15) is 4.79 Å². The molecular formula is C13H25NO2. The van der Waals surface area contributed by atoms with E-state index in [0.717, 1.165) is 18.9 Å². The third-order valence-electron chi connectivity index (χ3n) is 3.49. The molecule has 2 atom stereocenters. The molecule has 1 aliphatic heterocycles. The average Bonchev–Trinajstić information content (AvgIpc) is 2.63. The van der Waals surface area contributed by atoms with Gasteiger partial charge < -0.3 is 10.0 Å². The number of hydrogen-bond acceptors (Lipinski definition) is 2. The molecule has 1 heterocycles. The largest absolute Gasteiger partial charge is 0.481 e. The van der Waals surface area contributed by atoms with Crippen LogP contribution in [0.25, 0.3) is 0 Å². The van der Waals surface area contributed by atoms with Gasteiger partial charge in [-0.3, -0.25) is 4.79 Å². The van der Waals surface area contributed by atoms with Gasteiger partial charge in [0.2, 0.25) is 0 Å². The van der Waals surface area contributed by atoms with Crippen LogP contribution >= 0.6 is 0 Å². The van der Waals surface area contributed by atoms with Crippen LogP contribution < -0.4 is 0 Å². The molecule has 0 aromatic heterocycles. The van der Waals surface area contributed by atoms with Crippen LogP contribution in [0, 0.1) is 11.8 Å². The highest BCUT2D eigenvalue weighted by Crippen LogP contribution is 2.22. The zero-order chi connectivity index (χ0) is 12.0. The van der Waals surface area contributed by atoms with E-state index in [1.807, 2.05) is 0 Å². The predicted octanol–water partition coefficient (Wildman–Crippen LogP) is 2.61. The zero-order valence-corrected chi connectivity index (χ0v) is 10.6. The maximum absolute atomic E-state index is 10.5. The molecule has 3 nitrogen and oxygen atoms in total. The van der Waals surface area contributed by atoms with Gasteiger partial charge in [-0.2, -0.15) is 0 Å². The Hall–Kier alpha value is -0.570. The first kappa shape index (κ1) is 13.5. The lowest BCUT2D eigenvalue weighted by atomic mass is 10.0. The van der Waals surface area contributed by atoms with Crippen molar-refractivity contribution >= 4 is 5.97 Å². The Kier molecular flexibility index (Phi) is 5.81. The SMILES string of the molecule is CCCC(C)CN1CCC(CCC(=O)O)C1. The summed E-state index contributed by atoms with van der Waals surface area (Å²) in [6.45, 7) is 8.02. The third kappa shape index (κ3) is 4.97. The molecule has 0 aromatic rings. The molecule has 1 aliphatic rings. The average molecular weight is 227 g/mol. The number of rotatable bonds is 7. The Labute approximate surface area is 98.8 Å². The molecule has 1 N–H and O–H groups in total. The molecule has 94 valence electrons. The van der Waals surface area contributed by atoms with E-state index >= 15 is 0 Å². The first-order valence-corrected chi connectivity index (χ1v) is 6.56. The summed E-state index contributed by atoms with van der Waals surface area (Å²) in [7, 11) is 0. The number of carbonyl (C=O) groups is 1. The Balaban J connectivity index is 2.16. The van der Waals surface area contributed by atoms with Crippen LogP contribution in [0.5, 0.6) is 0 Å². The van der Waals surface area contributed by atoms with Gasteiger partial charge in [0.25, 0.3) is 0 Å². The highest BCUT2D eigenvalue weighted by molar-refractivity contribution is 5.66. The molecule has 1 fully saturated rings. The van der Waals surface area contributed by atoms with Gasteiger partial charge in [-0.05, 0) is 37.6 Å². The molecule has 0 bridgehead atoms. The summed E-state index contributed by atoms with van der Waals surface area (Å²) >= 11 is 0. The van der Waals surface area contributed by atoms with Gasteiger partial charge >= 0.3 is 5.97 Å². The van der Waals surface area contributed by atoms with Crippen molar-refractivity contribution in [1.29, 1.82) is 0 Å². The molecule has 0 saturated carbocycles. The van der Waals surface area contributed by atoms with E-state index in [2.05, 4.69) is 18.7 Å². The Morgan fingerprint density at radius 1 is 1.56 bits per heavy atom. The fraction of sp³-hybridized carbons (Fsp3) is 0.923. The summed E-state index contributed by atoms with van der Waals surface area (Å²) in [6, 6.07) is 0. The van der Waals surface area contributed by atoms with Crippen LogP contribution in [0.4, 0.5) is 0 Å². The monoisotopic (exact) mass is 227 g/mol. The fourth-order valence-corrected chi connectivity index (χ4v) is 2.67. The molecule has 2 unspecified atom stereocenters. The van der Waals surface area contributed by atoms with Crippen LogP contribution in [0.15, 0.2) is 0 Å². The normalized spacial score (nSPS) is 23.5. The minimum atomic E-state index is -0.655. The van der Waals surface area contributed by atoms with E-state index in [4.69, 9.17) is 5.11 Å². The van der Waals surface area contributed by atoms with Gasteiger partial charge in [-0.25, -0.2) is 0 Å². The second-order valence-corrected chi connectivity index (χ2v) is 5.24. The number of carboxylic acid groups (broad SMARTS) is 1. The summed E-state index contributed by atoms with van der Waals surface area (Å²) in [5.41, 5.74) is 0. The number of likely N-dealkylation sites (tertiary alicyclic amines) is 1. The molecule has 16 heavy (non-hydrogen) atoms. The fourth-order valence-electron chi connectivity index (χ4n) is 2.67. The zero-order valence-electron chi connectivity index (χ0n) is 10.6. The van der Waals surface area contributed by atoms with Crippen molar-refractivity contribution in [2.45, 2.75) is 46.0 Å². The second-order valence-electron chi connectivity index (χ2n) is 5.24. The van der Waals surface area contributed by atoms with Crippen molar-refractivity contribution in [2.24, 2.45) is 11.8 Å². The maximum atomic E-state index is 10.5. The van der Waals surface area contributed by atoms with E-state index in [1.165, 1.54) is 32.4 Å². The topological polar surface area (TPSA) is 40.5 Å². The third-order valence-corrected chi connectivity index (χ3v) is 3.49. The van der Waals surface area contributed by atoms with Crippen molar-refractivity contribution in [3.05, 3.63) is 0 Å². The quantitative estimate of drug-likeness (QED) is 0.727. The Bertz CT molecular complexity index is 218. The number of carboxylic acids is 1. The van der Waals surface area contributed by atoms with Crippen LogP contribution in [0.1, 0.15) is 46.0 Å². The summed E-state index contributed by atoms with van der Waals surface area (Å²) in [6.07, 6.45) is 4.94. The van der Waals surface area contributed by atoms with Gasteiger partial charge in [0.15, 0.2) is 0 Å². The number of nitrogens with zero attached hydrogens (tertiary/aromatic N) is 1. The van der Waals surface area contributed by atoms with Gasteiger partial charge in [-0.1, -0.05) is 20.3 Å². The first-order valence-electron chi connectivity index (χ1n) is 6.56. The molecule has 0 radical (unpaired) electrons. The van der Waals surface area contributed by atoms with Gasteiger partial charge in [0, 0.05) is 19.5 Å². The molecule has 1 saturated heterocycles. The molecule has 0 amide bonds. The molecule has 0 spiro atoms. The molecule has 0 aromatic carbocycles. The smallest absolute Gasteiger partial charge is 0.303 e. The minimum Gasteiger partial charge on any atom is -0.481 e. The van der Waals surface area contributed by atoms with Crippen molar-refractivity contribution in [3.8, 4) is 0 Å². The lowest BCUT2D eigenvalue weighted by molar-refractivity contribution is -0.137.